The normalized spacial score (nSPS) is 17.6. The molecule has 0 saturated heterocycles. The number of amides is 1. The first-order chi connectivity index (χ1) is 15.5. The molecule has 0 aliphatic carbocycles. The number of hydrazone groups is 1. The second-order valence-corrected chi connectivity index (χ2v) is 8.63. The zero-order chi connectivity index (χ0) is 22.2. The molecule has 2 heterocycles. The van der Waals surface area contributed by atoms with Crippen molar-refractivity contribution in [1.82, 2.24) is 5.01 Å². The predicted molar refractivity (Wildman–Crippen MR) is 126 cm³/mol. The van der Waals surface area contributed by atoms with E-state index in [0.29, 0.717) is 17.7 Å². The van der Waals surface area contributed by atoms with E-state index in [1.807, 2.05) is 53.5 Å². The lowest BCUT2D eigenvalue weighted by Crippen LogP contribution is -2.39. The third-order valence-electron chi connectivity index (χ3n) is 5.82. The number of hydrogen-bond donors (Lipinski definition) is 0. The van der Waals surface area contributed by atoms with Gasteiger partial charge in [0.15, 0.2) is 0 Å². The van der Waals surface area contributed by atoms with Gasteiger partial charge in [0.1, 0.15) is 12.4 Å². The summed E-state index contributed by atoms with van der Waals surface area (Å²) in [4.78, 5) is 26.9. The van der Waals surface area contributed by atoms with Crippen LogP contribution in [0.5, 0.6) is 5.75 Å². The molecule has 2 aliphatic rings. The Hall–Kier alpha value is -3.45. The Morgan fingerprint density at radius 2 is 1.78 bits per heavy atom. The van der Waals surface area contributed by atoms with Crippen LogP contribution in [0.25, 0.3) is 0 Å². The number of nitrogens with zero attached hydrogens (tertiary/aromatic N) is 3. The van der Waals surface area contributed by atoms with Crippen molar-refractivity contribution in [2.45, 2.75) is 12.5 Å². The summed E-state index contributed by atoms with van der Waals surface area (Å²) in [6.45, 7) is 0.193. The summed E-state index contributed by atoms with van der Waals surface area (Å²) in [5.41, 5.74) is 4.06. The highest BCUT2D eigenvalue weighted by Gasteiger charge is 2.39. The maximum atomic E-state index is 12.8. The van der Waals surface area contributed by atoms with E-state index in [1.165, 1.54) is 4.90 Å². The van der Waals surface area contributed by atoms with Crippen LogP contribution in [0.2, 0.25) is 0 Å². The first kappa shape index (κ1) is 20.5. The van der Waals surface area contributed by atoms with Gasteiger partial charge >= 0.3 is 5.91 Å². The second kappa shape index (κ2) is 8.24. The minimum atomic E-state index is -0.530. The van der Waals surface area contributed by atoms with Crippen LogP contribution in [-0.2, 0) is 4.79 Å². The van der Waals surface area contributed by atoms with Crippen LogP contribution in [0.4, 0.5) is 5.69 Å². The van der Waals surface area contributed by atoms with Crippen molar-refractivity contribution in [2.75, 3.05) is 18.7 Å². The van der Waals surface area contributed by atoms with E-state index in [2.05, 4.69) is 28.1 Å². The quantitative estimate of drug-likeness (QED) is 0.483. The summed E-state index contributed by atoms with van der Waals surface area (Å²) in [5, 5.41) is 6.78. The molecule has 1 atom stereocenters. The van der Waals surface area contributed by atoms with Gasteiger partial charge < -0.3 is 4.74 Å². The number of anilines is 1. The largest absolute Gasteiger partial charge is 0.497 e. The standard InChI is InChI=1S/C25H20BrN3O3/c1-32-19-10-7-16(8-11-19)21-14-23(17-5-3-2-4-6-17)29(27-21)15-28-22-12-9-18(26)13-20(22)24(30)25(28)31/h2-13,23H,14-15H2,1H3/t23-/m0/s1. The van der Waals surface area contributed by atoms with Crippen LogP contribution in [0.1, 0.15) is 33.9 Å². The molecule has 6 nitrogen and oxygen atoms in total. The molecule has 0 aromatic heterocycles. The number of halogens is 1. The van der Waals surface area contributed by atoms with Gasteiger partial charge in [-0.2, -0.15) is 5.10 Å². The van der Waals surface area contributed by atoms with Gasteiger partial charge in [-0.1, -0.05) is 46.3 Å². The van der Waals surface area contributed by atoms with Gasteiger partial charge in [0.25, 0.3) is 5.78 Å². The number of carbonyl (C=O) groups is 2. The second-order valence-electron chi connectivity index (χ2n) is 7.71. The highest BCUT2D eigenvalue weighted by atomic mass is 79.9. The molecular weight excluding hydrogens is 470 g/mol. The Morgan fingerprint density at radius 3 is 2.50 bits per heavy atom. The molecule has 32 heavy (non-hydrogen) atoms. The third-order valence-corrected chi connectivity index (χ3v) is 6.32. The number of methoxy groups -OCH3 is 1. The van der Waals surface area contributed by atoms with E-state index in [1.54, 1.807) is 19.2 Å². The predicted octanol–water partition coefficient (Wildman–Crippen LogP) is 4.80. The first-order valence-corrected chi connectivity index (χ1v) is 11.0. The molecule has 0 radical (unpaired) electrons. The zero-order valence-electron chi connectivity index (χ0n) is 17.4. The highest BCUT2D eigenvalue weighted by molar-refractivity contribution is 9.10. The van der Waals surface area contributed by atoms with Crippen molar-refractivity contribution in [2.24, 2.45) is 5.10 Å². The van der Waals surface area contributed by atoms with E-state index in [0.717, 1.165) is 27.1 Å². The maximum absolute atomic E-state index is 12.8. The minimum Gasteiger partial charge on any atom is -0.497 e. The van der Waals surface area contributed by atoms with Crippen LogP contribution in [-0.4, -0.2) is 36.2 Å². The van der Waals surface area contributed by atoms with E-state index < -0.39 is 11.7 Å². The SMILES string of the molecule is COc1ccc(C2=NN(CN3C(=O)C(=O)c4cc(Br)ccc43)[C@H](c3ccccc3)C2)cc1. The summed E-state index contributed by atoms with van der Waals surface area (Å²) in [6.07, 6.45) is 0.694. The fourth-order valence-corrected chi connectivity index (χ4v) is 4.53. The van der Waals surface area contributed by atoms with Crippen molar-refractivity contribution in [1.29, 1.82) is 0 Å². The van der Waals surface area contributed by atoms with Crippen LogP contribution in [0.15, 0.2) is 82.4 Å². The Labute approximate surface area is 194 Å². The lowest BCUT2D eigenvalue weighted by molar-refractivity contribution is -0.114. The number of ketones is 1. The number of Topliss-reactive ketones (excluding diaryl/α,β-unsaturated/α-hetero) is 1. The van der Waals surface area contributed by atoms with Gasteiger partial charge in [-0.05, 0) is 53.6 Å². The van der Waals surface area contributed by atoms with Gasteiger partial charge in [0.2, 0.25) is 0 Å². The van der Waals surface area contributed by atoms with Crippen LogP contribution in [0.3, 0.4) is 0 Å². The maximum Gasteiger partial charge on any atom is 0.301 e. The molecular formula is C25H20BrN3O3. The van der Waals surface area contributed by atoms with Crippen LogP contribution >= 0.6 is 15.9 Å². The topological polar surface area (TPSA) is 62.2 Å². The molecule has 0 N–H and O–H groups in total. The monoisotopic (exact) mass is 489 g/mol. The average molecular weight is 490 g/mol. The van der Waals surface area contributed by atoms with Crippen LogP contribution < -0.4 is 9.64 Å². The molecule has 0 spiro atoms. The summed E-state index contributed by atoms with van der Waals surface area (Å²) in [7, 11) is 1.64. The van der Waals surface area contributed by atoms with Crippen molar-refractivity contribution in [3.63, 3.8) is 0 Å². The van der Waals surface area contributed by atoms with Crippen LogP contribution in [0, 0.1) is 0 Å². The number of hydrogen-bond acceptors (Lipinski definition) is 5. The minimum absolute atomic E-state index is 0.0456. The summed E-state index contributed by atoms with van der Waals surface area (Å²) in [5.74, 6) is -0.234. The molecule has 0 unspecified atom stereocenters. The molecule has 0 saturated carbocycles. The van der Waals surface area contributed by atoms with Gasteiger partial charge in [-0.15, -0.1) is 0 Å². The van der Waals surface area contributed by atoms with Crippen molar-refractivity contribution < 1.29 is 14.3 Å². The van der Waals surface area contributed by atoms with Crippen molar-refractivity contribution in [3.05, 3.63) is 94.0 Å². The average Bonchev–Trinajstić information content (AvgIpc) is 3.35. The Morgan fingerprint density at radius 1 is 1.03 bits per heavy atom. The molecule has 3 aromatic rings. The zero-order valence-corrected chi connectivity index (χ0v) is 19.0. The molecule has 7 heteroatoms. The van der Waals surface area contributed by atoms with Gasteiger partial charge in [-0.3, -0.25) is 19.5 Å². The van der Waals surface area contributed by atoms with E-state index in [4.69, 9.17) is 9.84 Å². The molecule has 3 aromatic carbocycles. The van der Waals surface area contributed by atoms with Gasteiger partial charge in [0.05, 0.1) is 30.1 Å². The van der Waals surface area contributed by atoms with Gasteiger partial charge in [0, 0.05) is 10.9 Å². The molecule has 2 aliphatic heterocycles. The van der Waals surface area contributed by atoms with Crippen molar-refractivity contribution >= 4 is 39.0 Å². The summed E-state index contributed by atoms with van der Waals surface area (Å²) < 4.78 is 6.03. The van der Waals surface area contributed by atoms with E-state index in [9.17, 15) is 9.59 Å². The smallest absolute Gasteiger partial charge is 0.301 e. The summed E-state index contributed by atoms with van der Waals surface area (Å²) >= 11 is 3.38. The lowest BCUT2D eigenvalue weighted by Gasteiger charge is -2.28. The lowest BCUT2D eigenvalue weighted by atomic mass is 9.98. The van der Waals surface area contributed by atoms with E-state index >= 15 is 0 Å². The molecule has 0 fully saturated rings. The third kappa shape index (κ3) is 3.58. The first-order valence-electron chi connectivity index (χ1n) is 10.2. The fraction of sp³-hybridized carbons (Fsp3) is 0.160. The number of ether oxygens (including phenoxy) is 1. The molecule has 160 valence electrons. The molecule has 5 rings (SSSR count). The van der Waals surface area contributed by atoms with Crippen molar-refractivity contribution in [3.8, 4) is 5.75 Å². The number of rotatable bonds is 5. The summed E-state index contributed by atoms with van der Waals surface area (Å²) in [6, 6.07) is 23.2. The highest BCUT2D eigenvalue weighted by Crippen LogP contribution is 2.36. The Balaban J connectivity index is 1.50. The van der Waals surface area contributed by atoms with E-state index in [-0.39, 0.29) is 12.7 Å². The Kier molecular flexibility index (Phi) is 5.27. The number of fused-ring (bicyclic) bond motifs is 1. The fourth-order valence-electron chi connectivity index (χ4n) is 4.17. The Bertz CT molecular complexity index is 1220. The molecule has 0 bridgehead atoms. The molecule has 1 amide bonds. The van der Waals surface area contributed by atoms with Gasteiger partial charge in [-0.25, -0.2) is 0 Å². The number of carbonyl (C=O) groups excluding carboxylic acids is 2. The number of benzene rings is 3.